The standard InChI is InChI=1S/C15H23N5O4S/c1-20(7-10-24-25(2,21)22)15-13-12(18-19-15)3-6-16-14(13)17-11-4-8-23-9-5-11/h3,6,11H,4-5,7-10H2,1-2H3,(H,16,17)(H,18,19). The van der Waals surface area contributed by atoms with Gasteiger partial charge in [-0.1, -0.05) is 0 Å². The number of rotatable bonds is 7. The molecule has 1 saturated heterocycles. The Labute approximate surface area is 146 Å². The SMILES string of the molecule is CN(CCOS(C)(=O)=O)c1n[nH]c2ccnc(NC3CCOCC3)c12. The lowest BCUT2D eigenvalue weighted by molar-refractivity contribution is 0.0904. The van der Waals surface area contributed by atoms with Crippen molar-refractivity contribution in [2.75, 3.05) is 49.9 Å². The maximum atomic E-state index is 11.1. The first-order valence-corrected chi connectivity index (χ1v) is 9.98. The van der Waals surface area contributed by atoms with E-state index in [4.69, 9.17) is 8.92 Å². The lowest BCUT2D eigenvalue weighted by Gasteiger charge is -2.24. The summed E-state index contributed by atoms with van der Waals surface area (Å²) in [4.78, 5) is 6.32. The Kier molecular flexibility index (Phi) is 5.40. The average Bonchev–Trinajstić information content (AvgIpc) is 3.00. The minimum atomic E-state index is -3.45. The van der Waals surface area contributed by atoms with E-state index in [9.17, 15) is 8.42 Å². The molecule has 1 aliphatic rings. The molecule has 2 N–H and O–H groups in total. The smallest absolute Gasteiger partial charge is 0.264 e. The van der Waals surface area contributed by atoms with Crippen LogP contribution in [0, 0.1) is 0 Å². The Morgan fingerprint density at radius 1 is 1.44 bits per heavy atom. The molecule has 3 heterocycles. The van der Waals surface area contributed by atoms with E-state index >= 15 is 0 Å². The van der Waals surface area contributed by atoms with Gasteiger partial charge in [0.25, 0.3) is 10.1 Å². The number of likely N-dealkylation sites (N-methyl/N-ethyl adjacent to an activating group) is 1. The predicted octanol–water partition coefficient (Wildman–Crippen LogP) is 0.961. The highest BCUT2D eigenvalue weighted by molar-refractivity contribution is 7.85. The molecule has 0 atom stereocenters. The number of aromatic nitrogens is 3. The molecule has 0 aliphatic carbocycles. The Bertz CT molecular complexity index is 816. The zero-order valence-electron chi connectivity index (χ0n) is 14.4. The number of H-pyrrole nitrogens is 1. The van der Waals surface area contributed by atoms with Crippen molar-refractivity contribution in [3.8, 4) is 0 Å². The molecule has 0 spiro atoms. The van der Waals surface area contributed by atoms with Crippen molar-refractivity contribution in [1.29, 1.82) is 0 Å². The number of pyridine rings is 1. The fraction of sp³-hybridized carbons (Fsp3) is 0.600. The number of nitrogens with one attached hydrogen (secondary N) is 2. The molecule has 0 bridgehead atoms. The maximum Gasteiger partial charge on any atom is 0.264 e. The van der Waals surface area contributed by atoms with Crippen LogP contribution in [0.2, 0.25) is 0 Å². The fourth-order valence-corrected chi connectivity index (χ4v) is 3.18. The number of fused-ring (bicyclic) bond motifs is 1. The van der Waals surface area contributed by atoms with Gasteiger partial charge in [-0.05, 0) is 18.9 Å². The lowest BCUT2D eigenvalue weighted by Crippen LogP contribution is -2.28. The number of anilines is 2. The van der Waals surface area contributed by atoms with Crippen molar-refractivity contribution < 1.29 is 17.3 Å². The van der Waals surface area contributed by atoms with Crippen molar-refractivity contribution in [2.45, 2.75) is 18.9 Å². The molecule has 0 aromatic carbocycles. The van der Waals surface area contributed by atoms with E-state index in [0.29, 0.717) is 18.4 Å². The largest absolute Gasteiger partial charge is 0.381 e. The van der Waals surface area contributed by atoms with E-state index in [2.05, 4.69) is 20.5 Å². The highest BCUT2D eigenvalue weighted by atomic mass is 32.2. The van der Waals surface area contributed by atoms with E-state index in [1.807, 2.05) is 18.0 Å². The van der Waals surface area contributed by atoms with Gasteiger partial charge in [0.15, 0.2) is 5.82 Å². The van der Waals surface area contributed by atoms with Crippen molar-refractivity contribution >= 4 is 32.7 Å². The number of hydrogen-bond acceptors (Lipinski definition) is 8. The normalized spacial score (nSPS) is 16.2. The van der Waals surface area contributed by atoms with Gasteiger partial charge in [0, 0.05) is 39.0 Å². The molecule has 1 aliphatic heterocycles. The minimum absolute atomic E-state index is 0.0622. The molecule has 138 valence electrons. The maximum absolute atomic E-state index is 11.1. The summed E-state index contributed by atoms with van der Waals surface area (Å²) >= 11 is 0. The molecule has 1 fully saturated rings. The van der Waals surface area contributed by atoms with E-state index in [-0.39, 0.29) is 6.61 Å². The Morgan fingerprint density at radius 3 is 2.92 bits per heavy atom. The monoisotopic (exact) mass is 369 g/mol. The summed E-state index contributed by atoms with van der Waals surface area (Å²) in [5.74, 6) is 1.47. The van der Waals surface area contributed by atoms with Crippen molar-refractivity contribution in [3.05, 3.63) is 12.3 Å². The predicted molar refractivity (Wildman–Crippen MR) is 95.4 cm³/mol. The second-order valence-corrected chi connectivity index (χ2v) is 7.75. The highest BCUT2D eigenvalue weighted by Gasteiger charge is 2.19. The Hall–Kier alpha value is -1.91. The molecule has 25 heavy (non-hydrogen) atoms. The van der Waals surface area contributed by atoms with Crippen LogP contribution in [-0.4, -0.2) is 69.3 Å². The summed E-state index contributed by atoms with van der Waals surface area (Å²) in [6.45, 7) is 1.94. The average molecular weight is 369 g/mol. The summed E-state index contributed by atoms with van der Waals surface area (Å²) in [6, 6.07) is 2.18. The first-order valence-electron chi connectivity index (χ1n) is 8.17. The quantitative estimate of drug-likeness (QED) is 0.695. The molecular weight excluding hydrogens is 346 g/mol. The first-order chi connectivity index (χ1) is 11.9. The summed E-state index contributed by atoms with van der Waals surface area (Å²) in [6.07, 6.45) is 4.64. The van der Waals surface area contributed by atoms with Crippen LogP contribution in [0.3, 0.4) is 0 Å². The molecule has 2 aromatic rings. The summed E-state index contributed by atoms with van der Waals surface area (Å²) in [5, 5.41) is 11.7. The Morgan fingerprint density at radius 2 is 2.20 bits per heavy atom. The first kappa shape index (κ1) is 17.9. The van der Waals surface area contributed by atoms with E-state index in [0.717, 1.165) is 49.0 Å². The van der Waals surface area contributed by atoms with Crippen LogP contribution in [0.4, 0.5) is 11.6 Å². The molecule has 0 unspecified atom stereocenters. The van der Waals surface area contributed by atoms with E-state index in [1.165, 1.54) is 0 Å². The van der Waals surface area contributed by atoms with Crippen LogP contribution in [0.15, 0.2) is 12.3 Å². The van der Waals surface area contributed by atoms with Crippen molar-refractivity contribution in [1.82, 2.24) is 15.2 Å². The second-order valence-electron chi connectivity index (χ2n) is 6.11. The highest BCUT2D eigenvalue weighted by Crippen LogP contribution is 2.30. The number of hydrogen-bond donors (Lipinski definition) is 2. The molecule has 9 nitrogen and oxygen atoms in total. The third kappa shape index (κ3) is 4.59. The summed E-state index contributed by atoms with van der Waals surface area (Å²) in [7, 11) is -1.61. The third-order valence-corrected chi connectivity index (χ3v) is 4.70. The van der Waals surface area contributed by atoms with Crippen LogP contribution in [0.5, 0.6) is 0 Å². The van der Waals surface area contributed by atoms with Gasteiger partial charge in [-0.3, -0.25) is 9.28 Å². The van der Waals surface area contributed by atoms with Gasteiger partial charge in [-0.2, -0.15) is 13.5 Å². The zero-order valence-corrected chi connectivity index (χ0v) is 15.2. The van der Waals surface area contributed by atoms with Crippen LogP contribution in [0.25, 0.3) is 10.9 Å². The lowest BCUT2D eigenvalue weighted by atomic mass is 10.1. The van der Waals surface area contributed by atoms with Crippen LogP contribution in [0.1, 0.15) is 12.8 Å². The van der Waals surface area contributed by atoms with Gasteiger partial charge in [0.2, 0.25) is 0 Å². The third-order valence-electron chi connectivity index (χ3n) is 4.10. The van der Waals surface area contributed by atoms with Crippen LogP contribution in [-0.2, 0) is 19.0 Å². The van der Waals surface area contributed by atoms with E-state index < -0.39 is 10.1 Å². The fourth-order valence-electron chi connectivity index (χ4n) is 2.80. The van der Waals surface area contributed by atoms with Gasteiger partial charge in [0.05, 0.1) is 23.8 Å². The van der Waals surface area contributed by atoms with E-state index in [1.54, 1.807) is 6.20 Å². The molecule has 10 heteroatoms. The van der Waals surface area contributed by atoms with Crippen LogP contribution >= 0.6 is 0 Å². The molecule has 0 saturated carbocycles. The van der Waals surface area contributed by atoms with Gasteiger partial charge in [0.1, 0.15) is 5.82 Å². The number of aromatic amines is 1. The summed E-state index contributed by atoms with van der Waals surface area (Å²) in [5.41, 5.74) is 0.871. The van der Waals surface area contributed by atoms with Crippen molar-refractivity contribution in [3.63, 3.8) is 0 Å². The van der Waals surface area contributed by atoms with Gasteiger partial charge in [-0.25, -0.2) is 4.98 Å². The molecule has 3 rings (SSSR count). The van der Waals surface area contributed by atoms with Gasteiger partial charge in [-0.15, -0.1) is 0 Å². The van der Waals surface area contributed by atoms with Gasteiger partial charge >= 0.3 is 0 Å². The minimum Gasteiger partial charge on any atom is -0.381 e. The molecule has 0 amide bonds. The van der Waals surface area contributed by atoms with Crippen LogP contribution < -0.4 is 10.2 Å². The Balaban J connectivity index is 1.78. The number of ether oxygens (including phenoxy) is 1. The van der Waals surface area contributed by atoms with Crippen molar-refractivity contribution in [2.24, 2.45) is 0 Å². The molecular formula is C15H23N5O4S. The summed E-state index contributed by atoms with van der Waals surface area (Å²) < 4.78 is 32.4. The number of nitrogens with zero attached hydrogens (tertiary/aromatic N) is 3. The second kappa shape index (κ2) is 7.54. The zero-order chi connectivity index (χ0) is 17.9. The molecule has 0 radical (unpaired) electrons. The molecule has 2 aromatic heterocycles. The van der Waals surface area contributed by atoms with Gasteiger partial charge < -0.3 is 15.0 Å². The topological polar surface area (TPSA) is 109 Å².